The molecule has 0 saturated carbocycles. The molecule has 1 aliphatic carbocycles. The first-order chi connectivity index (χ1) is 23.3. The molecule has 2 aromatic carbocycles. The molecule has 1 spiro atoms. The molecule has 0 bridgehead atoms. The molecule has 2 amide bonds. The van der Waals surface area contributed by atoms with Crippen LogP contribution < -0.4 is 10.1 Å². The van der Waals surface area contributed by atoms with E-state index in [-0.39, 0.29) is 35.7 Å². The van der Waals surface area contributed by atoms with Crippen molar-refractivity contribution >= 4 is 40.7 Å². The summed E-state index contributed by atoms with van der Waals surface area (Å²) in [7, 11) is 0. The van der Waals surface area contributed by atoms with Crippen LogP contribution in [0.1, 0.15) is 113 Å². The van der Waals surface area contributed by atoms with E-state index in [0.29, 0.717) is 70.2 Å². The number of carbonyl (C=O) groups excluding carboxylic acids is 2. The van der Waals surface area contributed by atoms with Crippen LogP contribution in [0.2, 0.25) is 10.0 Å². The summed E-state index contributed by atoms with van der Waals surface area (Å²) in [6.07, 6.45) is 9.07. The van der Waals surface area contributed by atoms with Gasteiger partial charge >= 0.3 is 0 Å². The molecular weight excluding hydrogens is 661 g/mol. The van der Waals surface area contributed by atoms with Gasteiger partial charge in [0.1, 0.15) is 17.1 Å². The number of rotatable bonds is 13. The summed E-state index contributed by atoms with van der Waals surface area (Å²) >= 11 is 13.4. The van der Waals surface area contributed by atoms with E-state index < -0.39 is 5.66 Å². The van der Waals surface area contributed by atoms with Crippen LogP contribution in [0.25, 0.3) is 0 Å². The normalized spacial score (nSPS) is 19.9. The summed E-state index contributed by atoms with van der Waals surface area (Å²) in [5.74, 6) is 1.22. The van der Waals surface area contributed by atoms with E-state index >= 15 is 0 Å². The maximum Gasteiger partial charge on any atom is 0.275 e. The van der Waals surface area contributed by atoms with Gasteiger partial charge in [0.25, 0.3) is 11.8 Å². The standard InChI is InChI=1S/C37H47Cl2N7O3/c1-23(2)9-8-18-49-31-19-27(28(38)20-29(31)39)33-35(48)46(37(41-33)16-7-10-24(3)21-37)30(15-17-36(4,5)6)25-11-13-26(14-12-25)34(47)40-22-32-42-44-45-43-32/h7,10-14,19-20,23-24,30H,8-9,15-18,21-22H2,1-6H3,(H,40,47)(H,42,43,44,45)/t24?,30-,37?/m1/s1. The summed E-state index contributed by atoms with van der Waals surface area (Å²) in [4.78, 5) is 35.0. The Labute approximate surface area is 299 Å². The molecule has 5 rings (SSSR count). The molecule has 2 heterocycles. The Balaban J connectivity index is 1.49. The van der Waals surface area contributed by atoms with Gasteiger partial charge in [-0.05, 0) is 79.2 Å². The van der Waals surface area contributed by atoms with Gasteiger partial charge in [-0.15, -0.1) is 10.2 Å². The molecule has 3 aromatic rings. The molecule has 0 saturated heterocycles. The molecule has 2 N–H and O–H groups in total. The first-order valence-corrected chi connectivity index (χ1v) is 17.8. The number of hydrogen-bond donors (Lipinski definition) is 2. The number of tetrazole rings is 1. The summed E-state index contributed by atoms with van der Waals surface area (Å²) in [5.41, 5.74) is 1.47. The van der Waals surface area contributed by atoms with E-state index in [9.17, 15) is 9.59 Å². The quantitative estimate of drug-likeness (QED) is 0.137. The van der Waals surface area contributed by atoms with Gasteiger partial charge in [0, 0.05) is 17.5 Å². The molecule has 2 unspecified atom stereocenters. The molecule has 1 aliphatic heterocycles. The van der Waals surface area contributed by atoms with E-state index in [1.807, 2.05) is 17.0 Å². The largest absolute Gasteiger partial charge is 0.492 e. The van der Waals surface area contributed by atoms with Crippen molar-refractivity contribution < 1.29 is 14.3 Å². The van der Waals surface area contributed by atoms with Gasteiger partial charge in [0.15, 0.2) is 5.82 Å². The number of H-pyrrole nitrogens is 1. The van der Waals surface area contributed by atoms with Crippen molar-refractivity contribution in [1.82, 2.24) is 30.8 Å². The lowest BCUT2D eigenvalue weighted by atomic mass is 9.82. The van der Waals surface area contributed by atoms with E-state index in [2.05, 4.69) is 79.6 Å². The van der Waals surface area contributed by atoms with Gasteiger partial charge in [-0.25, -0.2) is 0 Å². The molecule has 3 atom stereocenters. The van der Waals surface area contributed by atoms with Crippen LogP contribution in [0, 0.1) is 17.3 Å². The van der Waals surface area contributed by atoms with E-state index in [1.54, 1.807) is 24.3 Å². The number of hydrogen-bond acceptors (Lipinski definition) is 7. The lowest BCUT2D eigenvalue weighted by Crippen LogP contribution is -2.50. The fourth-order valence-electron chi connectivity index (χ4n) is 6.55. The number of aromatic nitrogens is 4. The highest BCUT2D eigenvalue weighted by Gasteiger charge is 2.51. The van der Waals surface area contributed by atoms with Crippen molar-refractivity contribution in [3.8, 4) is 5.75 Å². The first kappa shape index (κ1) is 36.5. The van der Waals surface area contributed by atoms with Gasteiger partial charge in [-0.2, -0.15) is 5.21 Å². The second-order valence-corrected chi connectivity index (χ2v) is 15.6. The highest BCUT2D eigenvalue weighted by Crippen LogP contribution is 2.47. The lowest BCUT2D eigenvalue weighted by Gasteiger charge is -2.44. The van der Waals surface area contributed by atoms with E-state index in [0.717, 1.165) is 24.8 Å². The molecule has 262 valence electrons. The molecule has 10 nitrogen and oxygen atoms in total. The zero-order valence-electron chi connectivity index (χ0n) is 29.2. The van der Waals surface area contributed by atoms with Crippen LogP contribution >= 0.6 is 23.2 Å². The predicted molar refractivity (Wildman–Crippen MR) is 193 cm³/mol. The first-order valence-electron chi connectivity index (χ1n) is 17.1. The van der Waals surface area contributed by atoms with Crippen molar-refractivity contribution in [3.63, 3.8) is 0 Å². The molecule has 0 fully saturated rings. The van der Waals surface area contributed by atoms with Crippen LogP contribution in [-0.2, 0) is 11.3 Å². The molecule has 2 aliphatic rings. The number of amides is 2. The van der Waals surface area contributed by atoms with Crippen molar-refractivity contribution in [2.45, 2.75) is 98.3 Å². The summed E-state index contributed by atoms with van der Waals surface area (Å²) in [5, 5.41) is 17.3. The maximum absolute atomic E-state index is 14.8. The number of nitrogens with zero attached hydrogens (tertiary/aromatic N) is 5. The number of aliphatic imine (C=N–C) groups is 1. The number of allylic oxidation sites excluding steroid dienone is 1. The summed E-state index contributed by atoms with van der Waals surface area (Å²) in [6, 6.07) is 10.6. The Morgan fingerprint density at radius 1 is 1.14 bits per heavy atom. The second-order valence-electron chi connectivity index (χ2n) is 14.8. The van der Waals surface area contributed by atoms with Crippen LogP contribution in [-0.4, -0.2) is 55.3 Å². The summed E-state index contributed by atoms with van der Waals surface area (Å²) < 4.78 is 6.09. The second kappa shape index (κ2) is 15.4. The van der Waals surface area contributed by atoms with Crippen LogP contribution in [0.4, 0.5) is 0 Å². The minimum atomic E-state index is -0.801. The molecule has 12 heteroatoms. The number of carbonyl (C=O) groups is 2. The maximum atomic E-state index is 14.8. The van der Waals surface area contributed by atoms with Crippen molar-refractivity contribution in [2.24, 2.45) is 22.2 Å². The topological polar surface area (TPSA) is 125 Å². The third-order valence-corrected chi connectivity index (χ3v) is 9.65. The minimum Gasteiger partial charge on any atom is -0.492 e. The Bertz CT molecular complexity index is 1680. The Kier molecular flexibility index (Phi) is 11.5. The van der Waals surface area contributed by atoms with Crippen LogP contribution in [0.3, 0.4) is 0 Å². The van der Waals surface area contributed by atoms with Crippen LogP contribution in [0.15, 0.2) is 53.5 Å². The highest BCUT2D eigenvalue weighted by atomic mass is 35.5. The lowest BCUT2D eigenvalue weighted by molar-refractivity contribution is -0.132. The number of halogens is 2. The van der Waals surface area contributed by atoms with Gasteiger partial charge in [-0.3, -0.25) is 14.6 Å². The fraction of sp³-hybridized carbons (Fsp3) is 0.514. The Morgan fingerprint density at radius 2 is 1.90 bits per heavy atom. The number of benzene rings is 2. The van der Waals surface area contributed by atoms with Crippen molar-refractivity contribution in [1.29, 1.82) is 0 Å². The Morgan fingerprint density at radius 3 is 2.55 bits per heavy atom. The SMILES string of the molecule is CC(C)CCCOc1cc(C2=NC3(CC=CC(C)C3)N([C@H](CCC(C)(C)C)c3ccc(C(=O)NCc4nn[nH]n4)cc3)C2=O)c(Cl)cc1Cl. The van der Waals surface area contributed by atoms with E-state index in [1.165, 1.54) is 0 Å². The molecule has 1 aromatic heterocycles. The highest BCUT2D eigenvalue weighted by molar-refractivity contribution is 6.50. The summed E-state index contributed by atoms with van der Waals surface area (Å²) in [6.45, 7) is 13.8. The fourth-order valence-corrected chi connectivity index (χ4v) is 7.08. The monoisotopic (exact) mass is 707 g/mol. The van der Waals surface area contributed by atoms with Gasteiger partial charge in [0.2, 0.25) is 0 Å². The predicted octanol–water partition coefficient (Wildman–Crippen LogP) is 8.13. The number of ether oxygens (including phenoxy) is 1. The average molecular weight is 709 g/mol. The zero-order chi connectivity index (χ0) is 35.3. The van der Waals surface area contributed by atoms with Gasteiger partial charge < -0.3 is 15.0 Å². The average Bonchev–Trinajstić information content (AvgIpc) is 3.65. The molecule has 49 heavy (non-hydrogen) atoms. The zero-order valence-corrected chi connectivity index (χ0v) is 30.7. The van der Waals surface area contributed by atoms with Gasteiger partial charge in [-0.1, -0.05) is 94.2 Å². The van der Waals surface area contributed by atoms with Crippen LogP contribution in [0.5, 0.6) is 5.75 Å². The molecule has 0 radical (unpaired) electrons. The van der Waals surface area contributed by atoms with E-state index in [4.69, 9.17) is 32.9 Å². The van der Waals surface area contributed by atoms with Gasteiger partial charge in [0.05, 0.1) is 29.2 Å². The number of aromatic amines is 1. The number of nitrogens with one attached hydrogen (secondary N) is 2. The third kappa shape index (κ3) is 8.89. The molecular formula is C37H47Cl2N7O3. The van der Waals surface area contributed by atoms with Crippen molar-refractivity contribution in [2.75, 3.05) is 6.61 Å². The van der Waals surface area contributed by atoms with Crippen molar-refractivity contribution in [3.05, 3.63) is 81.1 Å². The smallest absolute Gasteiger partial charge is 0.275 e. The Hall–Kier alpha value is -3.76. The minimum absolute atomic E-state index is 0.0217. The third-order valence-electron chi connectivity index (χ3n) is 9.04.